The maximum Gasteiger partial charge on any atom is 0.410 e. The van der Waals surface area contributed by atoms with Crippen LogP contribution in [0, 0.1) is 12.8 Å². The molecule has 154 valence electrons. The smallest absolute Gasteiger partial charge is 0.410 e. The number of primary sulfonamides is 1. The summed E-state index contributed by atoms with van der Waals surface area (Å²) < 4.78 is 30.1. The van der Waals surface area contributed by atoms with Gasteiger partial charge in [0, 0.05) is 30.4 Å². The van der Waals surface area contributed by atoms with E-state index in [2.05, 4.69) is 18.9 Å². The first-order chi connectivity index (χ1) is 12.2. The molecule has 1 atom stereocenters. The van der Waals surface area contributed by atoms with Crippen LogP contribution in [0.5, 0.6) is 0 Å². The van der Waals surface area contributed by atoms with Gasteiger partial charge in [-0.2, -0.15) is 5.10 Å². The number of hydrogen-bond acceptors (Lipinski definition) is 5. The Kier molecular flexibility index (Phi) is 5.96. The number of aryl methyl sites for hydroxylation is 2. The van der Waals surface area contributed by atoms with E-state index in [0.29, 0.717) is 24.6 Å². The molecule has 1 aromatic heterocycles. The van der Waals surface area contributed by atoms with Crippen molar-refractivity contribution >= 4 is 16.1 Å². The average molecular weight is 401 g/mol. The summed E-state index contributed by atoms with van der Waals surface area (Å²) >= 11 is 0. The van der Waals surface area contributed by atoms with Gasteiger partial charge in [0.25, 0.3) is 10.0 Å². The molecule has 27 heavy (non-hydrogen) atoms. The van der Waals surface area contributed by atoms with Crippen LogP contribution in [0.25, 0.3) is 0 Å². The first-order valence-corrected chi connectivity index (χ1v) is 10.8. The Labute approximate surface area is 162 Å². The zero-order valence-electron chi connectivity index (χ0n) is 17.2. The molecule has 1 aliphatic heterocycles. The van der Waals surface area contributed by atoms with Gasteiger partial charge < -0.3 is 9.64 Å². The van der Waals surface area contributed by atoms with Crippen LogP contribution in [0.3, 0.4) is 0 Å². The third-order valence-corrected chi connectivity index (χ3v) is 5.68. The van der Waals surface area contributed by atoms with E-state index in [1.165, 1.54) is 0 Å². The fraction of sp³-hybridized carbons (Fsp3) is 0.778. The molecular weight excluding hydrogens is 368 g/mol. The van der Waals surface area contributed by atoms with Crippen molar-refractivity contribution in [1.82, 2.24) is 14.7 Å². The zero-order chi connectivity index (χ0) is 20.6. The fourth-order valence-electron chi connectivity index (χ4n) is 3.66. The number of carbonyl (C=O) groups is 1. The first kappa shape index (κ1) is 21.7. The molecule has 2 N–H and O–H groups in total. The van der Waals surface area contributed by atoms with Crippen molar-refractivity contribution < 1.29 is 17.9 Å². The SMILES string of the molecule is Cc1cn(CCC[C@@H]2CN(C(=O)OC(C)(C)C)C(C)(C)C2)nc1S(N)(=O)=O. The second-order valence-electron chi connectivity index (χ2n) is 9.04. The topological polar surface area (TPSA) is 108 Å². The molecule has 1 fully saturated rings. The van der Waals surface area contributed by atoms with Gasteiger partial charge in [-0.25, -0.2) is 18.4 Å². The van der Waals surface area contributed by atoms with Gasteiger partial charge >= 0.3 is 6.09 Å². The predicted molar refractivity (Wildman–Crippen MR) is 103 cm³/mol. The molecule has 1 saturated heterocycles. The lowest BCUT2D eigenvalue weighted by atomic mass is 9.93. The molecule has 9 heteroatoms. The number of aromatic nitrogens is 2. The molecule has 2 heterocycles. The van der Waals surface area contributed by atoms with Crippen molar-refractivity contribution in [2.45, 2.75) is 83.5 Å². The van der Waals surface area contributed by atoms with Crippen LogP contribution < -0.4 is 5.14 Å². The zero-order valence-corrected chi connectivity index (χ0v) is 18.0. The average Bonchev–Trinajstić information content (AvgIpc) is 2.96. The summed E-state index contributed by atoms with van der Waals surface area (Å²) in [6.07, 6.45) is 4.11. The van der Waals surface area contributed by atoms with Gasteiger partial charge in [-0.05, 0) is 66.7 Å². The number of nitrogens with zero attached hydrogens (tertiary/aromatic N) is 3. The maximum atomic E-state index is 12.5. The van der Waals surface area contributed by atoms with Gasteiger partial charge in [-0.1, -0.05) is 0 Å². The molecule has 1 aliphatic rings. The van der Waals surface area contributed by atoms with Gasteiger partial charge in [-0.15, -0.1) is 0 Å². The summed E-state index contributed by atoms with van der Waals surface area (Å²) in [4.78, 5) is 14.3. The third-order valence-electron chi connectivity index (χ3n) is 4.74. The van der Waals surface area contributed by atoms with Crippen LogP contribution in [-0.4, -0.2) is 46.9 Å². The quantitative estimate of drug-likeness (QED) is 0.817. The highest BCUT2D eigenvalue weighted by molar-refractivity contribution is 7.89. The van der Waals surface area contributed by atoms with E-state index in [-0.39, 0.29) is 16.7 Å². The van der Waals surface area contributed by atoms with Crippen molar-refractivity contribution in [3.8, 4) is 0 Å². The fourth-order valence-corrected chi connectivity index (χ4v) is 4.38. The van der Waals surface area contributed by atoms with E-state index in [4.69, 9.17) is 9.88 Å². The van der Waals surface area contributed by atoms with Crippen molar-refractivity contribution in [1.29, 1.82) is 0 Å². The summed E-state index contributed by atoms with van der Waals surface area (Å²) in [5, 5.41) is 9.17. The van der Waals surface area contributed by atoms with Gasteiger partial charge in [0.05, 0.1) is 0 Å². The lowest BCUT2D eigenvalue weighted by Gasteiger charge is -2.33. The van der Waals surface area contributed by atoms with Gasteiger partial charge in [0.1, 0.15) is 5.60 Å². The van der Waals surface area contributed by atoms with Crippen molar-refractivity contribution in [3.63, 3.8) is 0 Å². The minimum Gasteiger partial charge on any atom is -0.444 e. The summed E-state index contributed by atoms with van der Waals surface area (Å²) in [7, 11) is -3.79. The van der Waals surface area contributed by atoms with Gasteiger partial charge in [-0.3, -0.25) is 4.68 Å². The van der Waals surface area contributed by atoms with Crippen LogP contribution in [-0.2, 0) is 21.3 Å². The molecule has 1 amide bonds. The van der Waals surface area contributed by atoms with E-state index < -0.39 is 15.6 Å². The second kappa shape index (κ2) is 7.43. The van der Waals surface area contributed by atoms with Crippen molar-refractivity contribution in [2.75, 3.05) is 6.54 Å². The van der Waals surface area contributed by atoms with Crippen molar-refractivity contribution in [2.24, 2.45) is 11.1 Å². The molecule has 0 radical (unpaired) electrons. The molecule has 2 rings (SSSR count). The molecule has 0 spiro atoms. The Morgan fingerprint density at radius 1 is 1.41 bits per heavy atom. The number of amides is 1. The number of ether oxygens (including phenoxy) is 1. The summed E-state index contributed by atoms with van der Waals surface area (Å²) in [6, 6.07) is 0. The third kappa shape index (κ3) is 5.68. The normalized spacial score (nSPS) is 20.1. The molecule has 0 unspecified atom stereocenters. The largest absolute Gasteiger partial charge is 0.444 e. The Balaban J connectivity index is 1.91. The second-order valence-corrected chi connectivity index (χ2v) is 10.5. The molecule has 1 aromatic rings. The van der Waals surface area contributed by atoms with Gasteiger partial charge in [0.2, 0.25) is 0 Å². The maximum absolute atomic E-state index is 12.5. The van der Waals surface area contributed by atoms with E-state index in [9.17, 15) is 13.2 Å². The number of nitrogens with two attached hydrogens (primary N) is 1. The number of hydrogen-bond donors (Lipinski definition) is 1. The molecule has 0 aliphatic carbocycles. The summed E-state index contributed by atoms with van der Waals surface area (Å²) in [6.45, 7) is 12.7. The first-order valence-electron chi connectivity index (χ1n) is 9.26. The van der Waals surface area contributed by atoms with E-state index >= 15 is 0 Å². The number of sulfonamides is 1. The molecule has 0 aromatic carbocycles. The predicted octanol–water partition coefficient (Wildman–Crippen LogP) is 2.65. The monoisotopic (exact) mass is 400 g/mol. The number of carbonyl (C=O) groups excluding carboxylic acids is 1. The highest BCUT2D eigenvalue weighted by Gasteiger charge is 2.42. The minimum atomic E-state index is -3.79. The standard InChI is InChI=1S/C18H32N4O4S/c1-13-11-21(20-15(13)27(19,24)25)9-7-8-14-10-18(5,6)22(12-14)16(23)26-17(2,3)4/h11,14H,7-10,12H2,1-6H3,(H2,19,24,25)/t14-/m0/s1. The van der Waals surface area contributed by atoms with Crippen LogP contribution in [0.1, 0.15) is 59.4 Å². The Bertz CT molecular complexity index is 793. The lowest BCUT2D eigenvalue weighted by Crippen LogP contribution is -2.45. The minimum absolute atomic E-state index is 0.0689. The molecule has 0 bridgehead atoms. The highest BCUT2D eigenvalue weighted by atomic mass is 32.2. The Hall–Kier alpha value is -1.61. The van der Waals surface area contributed by atoms with Crippen LogP contribution >= 0.6 is 0 Å². The van der Waals surface area contributed by atoms with Gasteiger partial charge in [0.15, 0.2) is 5.03 Å². The van der Waals surface area contributed by atoms with Crippen LogP contribution in [0.2, 0.25) is 0 Å². The molecule has 0 saturated carbocycles. The Morgan fingerprint density at radius 2 is 2.04 bits per heavy atom. The molecule has 8 nitrogen and oxygen atoms in total. The summed E-state index contributed by atoms with van der Waals surface area (Å²) in [5.74, 6) is 0.377. The van der Waals surface area contributed by atoms with E-state index in [1.54, 1.807) is 17.8 Å². The van der Waals surface area contributed by atoms with E-state index in [0.717, 1.165) is 19.3 Å². The number of likely N-dealkylation sites (tertiary alicyclic amines) is 1. The van der Waals surface area contributed by atoms with Crippen LogP contribution in [0.4, 0.5) is 4.79 Å². The highest BCUT2D eigenvalue weighted by Crippen LogP contribution is 2.36. The molecular formula is C18H32N4O4S. The Morgan fingerprint density at radius 3 is 2.56 bits per heavy atom. The summed E-state index contributed by atoms with van der Waals surface area (Å²) in [5.41, 5.74) is -0.198. The van der Waals surface area contributed by atoms with E-state index in [1.807, 2.05) is 25.7 Å². The van der Waals surface area contributed by atoms with Crippen molar-refractivity contribution in [3.05, 3.63) is 11.8 Å². The number of rotatable bonds is 5. The lowest BCUT2D eigenvalue weighted by molar-refractivity contribution is 0.0131. The van der Waals surface area contributed by atoms with Crippen LogP contribution in [0.15, 0.2) is 11.2 Å².